The standard InChI is InChI=1S/C10H15BOSi/c1-13(2,3)12-10-8-6-4-5-7-9-11/h4,9-10H2,1-3H3. The van der Waals surface area contributed by atoms with E-state index < -0.39 is 8.32 Å². The Morgan fingerprint density at radius 1 is 1.08 bits per heavy atom. The molecule has 2 radical (unpaired) electrons. The first kappa shape index (κ1) is 12.4. The summed E-state index contributed by atoms with van der Waals surface area (Å²) < 4.78 is 5.53. The fraction of sp³-hybridized carbons (Fsp3) is 0.600. The van der Waals surface area contributed by atoms with Gasteiger partial charge in [0, 0.05) is 0 Å². The molecule has 0 amide bonds. The van der Waals surface area contributed by atoms with E-state index in [1.54, 1.807) is 0 Å². The molecule has 0 bridgehead atoms. The van der Waals surface area contributed by atoms with Crippen LogP contribution in [0.1, 0.15) is 6.42 Å². The normalized spacial score (nSPS) is 9.46. The minimum atomic E-state index is -1.39. The molecule has 1 nitrogen and oxygen atoms in total. The summed E-state index contributed by atoms with van der Waals surface area (Å²) in [5.74, 6) is 11.4. The monoisotopic (exact) mass is 190 g/mol. The van der Waals surface area contributed by atoms with Crippen molar-refractivity contribution in [1.82, 2.24) is 0 Å². The number of rotatable bonds is 2. The molecule has 0 N–H and O–H groups in total. The van der Waals surface area contributed by atoms with Gasteiger partial charge < -0.3 is 4.43 Å². The Hall–Kier alpha value is -0.638. The maximum absolute atomic E-state index is 5.53. The van der Waals surface area contributed by atoms with E-state index in [1.165, 1.54) is 0 Å². The average Bonchev–Trinajstić information content (AvgIpc) is 2.01. The molecule has 0 spiro atoms. The van der Waals surface area contributed by atoms with Crippen molar-refractivity contribution in [2.75, 3.05) is 6.61 Å². The molecule has 0 saturated carbocycles. The number of hydrogen-bond donors (Lipinski definition) is 0. The zero-order chi connectivity index (χ0) is 10.2. The van der Waals surface area contributed by atoms with Crippen LogP contribution in [0.15, 0.2) is 0 Å². The van der Waals surface area contributed by atoms with Crippen molar-refractivity contribution >= 4 is 16.2 Å². The van der Waals surface area contributed by atoms with Crippen molar-refractivity contribution in [3.05, 3.63) is 0 Å². The minimum Gasteiger partial charge on any atom is -0.407 e. The van der Waals surface area contributed by atoms with Gasteiger partial charge in [-0.3, -0.25) is 0 Å². The van der Waals surface area contributed by atoms with Crippen LogP contribution in [0.3, 0.4) is 0 Å². The summed E-state index contributed by atoms with van der Waals surface area (Å²) in [7, 11) is 3.79. The lowest BCUT2D eigenvalue weighted by atomic mass is 10.1. The van der Waals surface area contributed by atoms with Crippen LogP contribution in [0.25, 0.3) is 0 Å². The second kappa shape index (κ2) is 6.83. The van der Waals surface area contributed by atoms with Crippen molar-refractivity contribution in [2.24, 2.45) is 0 Å². The predicted molar refractivity (Wildman–Crippen MR) is 60.0 cm³/mol. The third-order valence-electron chi connectivity index (χ3n) is 1.11. The first-order valence-corrected chi connectivity index (χ1v) is 7.72. The van der Waals surface area contributed by atoms with Crippen LogP contribution in [0.4, 0.5) is 0 Å². The average molecular weight is 190 g/mol. The van der Waals surface area contributed by atoms with Crippen molar-refractivity contribution in [1.29, 1.82) is 0 Å². The molecule has 0 atom stereocenters. The van der Waals surface area contributed by atoms with Crippen LogP contribution in [0.5, 0.6) is 0 Å². The molecule has 0 aromatic heterocycles. The smallest absolute Gasteiger partial charge is 0.185 e. The molecule has 0 unspecified atom stereocenters. The minimum absolute atomic E-state index is 0.410. The van der Waals surface area contributed by atoms with Gasteiger partial charge in [0.25, 0.3) is 0 Å². The molecule has 0 aliphatic rings. The molecule has 0 aliphatic heterocycles. The molecule has 0 aliphatic carbocycles. The molecule has 0 saturated heterocycles. The third kappa shape index (κ3) is 11.4. The van der Waals surface area contributed by atoms with E-state index in [0.29, 0.717) is 19.3 Å². The molecule has 3 heteroatoms. The molecule has 68 valence electrons. The molecule has 0 rings (SSSR count). The zero-order valence-electron chi connectivity index (χ0n) is 8.61. The quantitative estimate of drug-likeness (QED) is 0.476. The molecule has 0 heterocycles. The van der Waals surface area contributed by atoms with Gasteiger partial charge in [-0.15, -0.1) is 5.92 Å². The highest BCUT2D eigenvalue weighted by Gasteiger charge is 2.12. The SMILES string of the molecule is [B]CC#CCC#CCO[Si](C)(C)C. The molecule has 0 fully saturated rings. The largest absolute Gasteiger partial charge is 0.407 e. The summed E-state index contributed by atoms with van der Waals surface area (Å²) in [4.78, 5) is 0. The molecule has 0 aromatic carbocycles. The van der Waals surface area contributed by atoms with E-state index in [4.69, 9.17) is 12.3 Å². The van der Waals surface area contributed by atoms with Crippen molar-refractivity contribution in [3.8, 4) is 23.7 Å². The van der Waals surface area contributed by atoms with Gasteiger partial charge in [-0.2, -0.15) is 0 Å². The Morgan fingerprint density at radius 3 is 2.23 bits per heavy atom. The van der Waals surface area contributed by atoms with E-state index in [0.717, 1.165) is 0 Å². The van der Waals surface area contributed by atoms with Crippen molar-refractivity contribution in [3.63, 3.8) is 0 Å². The van der Waals surface area contributed by atoms with Gasteiger partial charge in [0.15, 0.2) is 8.32 Å². The van der Waals surface area contributed by atoms with E-state index in [1.807, 2.05) is 0 Å². The summed E-state index contributed by atoms with van der Waals surface area (Å²) in [5.41, 5.74) is 0. The van der Waals surface area contributed by atoms with Crippen LogP contribution in [-0.2, 0) is 4.43 Å². The summed E-state index contributed by atoms with van der Waals surface area (Å²) in [5, 5.41) is 0. The summed E-state index contributed by atoms with van der Waals surface area (Å²) in [6.07, 6.45) is 0.999. The van der Waals surface area contributed by atoms with Gasteiger partial charge in [0.1, 0.15) is 0 Å². The van der Waals surface area contributed by atoms with Crippen LogP contribution < -0.4 is 0 Å². The van der Waals surface area contributed by atoms with Crippen LogP contribution >= 0.6 is 0 Å². The fourth-order valence-corrected chi connectivity index (χ4v) is 1.05. The Balaban J connectivity index is 3.52. The van der Waals surface area contributed by atoms with E-state index in [9.17, 15) is 0 Å². The highest BCUT2D eigenvalue weighted by molar-refractivity contribution is 6.69. The Kier molecular flexibility index (Phi) is 6.50. The van der Waals surface area contributed by atoms with Gasteiger partial charge >= 0.3 is 0 Å². The summed E-state index contributed by atoms with van der Waals surface area (Å²) in [6.45, 7) is 6.95. The van der Waals surface area contributed by atoms with Gasteiger partial charge in [-0.1, -0.05) is 17.8 Å². The molecule has 0 aromatic rings. The topological polar surface area (TPSA) is 9.23 Å². The molecule has 13 heavy (non-hydrogen) atoms. The third-order valence-corrected chi connectivity index (χ3v) is 2.12. The highest BCUT2D eigenvalue weighted by atomic mass is 28.4. The summed E-state index contributed by atoms with van der Waals surface area (Å²) in [6, 6.07) is 0. The lowest BCUT2D eigenvalue weighted by molar-refractivity contribution is 0.365. The van der Waals surface area contributed by atoms with Crippen LogP contribution in [-0.4, -0.2) is 22.8 Å². The van der Waals surface area contributed by atoms with Crippen LogP contribution in [0, 0.1) is 23.7 Å². The molecular formula is C10H15BOSi. The zero-order valence-corrected chi connectivity index (χ0v) is 9.61. The van der Waals surface area contributed by atoms with E-state index in [-0.39, 0.29) is 0 Å². The van der Waals surface area contributed by atoms with Gasteiger partial charge in [-0.05, 0) is 26.0 Å². The van der Waals surface area contributed by atoms with E-state index >= 15 is 0 Å². The Morgan fingerprint density at radius 2 is 1.69 bits per heavy atom. The van der Waals surface area contributed by atoms with Gasteiger partial charge in [0.05, 0.1) is 20.9 Å². The van der Waals surface area contributed by atoms with Crippen molar-refractivity contribution in [2.45, 2.75) is 32.4 Å². The second-order valence-electron chi connectivity index (χ2n) is 3.49. The Bertz CT molecular complexity index is 246. The van der Waals surface area contributed by atoms with Gasteiger partial charge in [0.2, 0.25) is 0 Å². The fourth-order valence-electron chi connectivity index (χ4n) is 0.545. The second-order valence-corrected chi connectivity index (χ2v) is 8.00. The predicted octanol–water partition coefficient (Wildman–Crippen LogP) is 1.82. The van der Waals surface area contributed by atoms with E-state index in [2.05, 4.69) is 43.3 Å². The first-order valence-electron chi connectivity index (χ1n) is 4.32. The lowest BCUT2D eigenvalue weighted by Gasteiger charge is -2.13. The maximum atomic E-state index is 5.53. The van der Waals surface area contributed by atoms with Crippen molar-refractivity contribution < 1.29 is 4.43 Å². The van der Waals surface area contributed by atoms with Crippen LogP contribution in [0.2, 0.25) is 26.0 Å². The first-order chi connectivity index (χ1) is 6.06. The lowest BCUT2D eigenvalue weighted by Crippen LogP contribution is -2.25. The molecular weight excluding hydrogens is 175 g/mol. The summed E-state index contributed by atoms with van der Waals surface area (Å²) >= 11 is 0. The Labute approximate surface area is 83.8 Å². The van der Waals surface area contributed by atoms with Gasteiger partial charge in [-0.25, -0.2) is 0 Å². The maximum Gasteiger partial charge on any atom is 0.185 e. The highest BCUT2D eigenvalue weighted by Crippen LogP contribution is 2.00. The number of hydrogen-bond acceptors (Lipinski definition) is 1.